The molecule has 0 aliphatic carbocycles. The van der Waals surface area contributed by atoms with Gasteiger partial charge in [-0.3, -0.25) is 4.79 Å². The van der Waals surface area contributed by atoms with Crippen LogP contribution in [0.3, 0.4) is 0 Å². The molecule has 0 aliphatic rings. The number of aromatic nitrogens is 2. The van der Waals surface area contributed by atoms with Crippen molar-refractivity contribution in [3.8, 4) is 17.0 Å². The fourth-order valence-electron chi connectivity index (χ4n) is 1.73. The average molecular weight is 280 g/mol. The Morgan fingerprint density at radius 1 is 1.47 bits per heavy atom. The molecule has 0 saturated heterocycles. The van der Waals surface area contributed by atoms with Gasteiger partial charge in [0.15, 0.2) is 0 Å². The molecular weight excluding hydrogens is 266 g/mol. The predicted octanol–water partition coefficient (Wildman–Crippen LogP) is 1.86. The molecule has 2 aromatic rings. The molecule has 5 nitrogen and oxygen atoms in total. The summed E-state index contributed by atoms with van der Waals surface area (Å²) >= 11 is 6.02. The standard InChI is InChI=1S/C13H14ClN3O2/c1-7(6-15)11-16-12(18)10(13(19)17-11)8-4-2-3-5-9(8)14/h2-5,7H,6,15H2,1H3,(H2,16,17,18,19). The molecule has 1 unspecified atom stereocenters. The van der Waals surface area contributed by atoms with Gasteiger partial charge in [-0.1, -0.05) is 36.7 Å². The number of H-pyrrole nitrogens is 1. The van der Waals surface area contributed by atoms with Crippen LogP contribution in [0.4, 0.5) is 0 Å². The van der Waals surface area contributed by atoms with Crippen molar-refractivity contribution in [3.63, 3.8) is 0 Å². The van der Waals surface area contributed by atoms with Gasteiger partial charge in [0.25, 0.3) is 5.56 Å². The van der Waals surface area contributed by atoms with Crippen molar-refractivity contribution in [3.05, 3.63) is 45.5 Å². The summed E-state index contributed by atoms with van der Waals surface area (Å²) in [6.07, 6.45) is 0. The van der Waals surface area contributed by atoms with Gasteiger partial charge in [-0.15, -0.1) is 0 Å². The summed E-state index contributed by atoms with van der Waals surface area (Å²) in [7, 11) is 0. The van der Waals surface area contributed by atoms with Gasteiger partial charge in [-0.25, -0.2) is 0 Å². The van der Waals surface area contributed by atoms with E-state index >= 15 is 0 Å². The molecule has 0 bridgehead atoms. The Kier molecular flexibility index (Phi) is 3.87. The van der Waals surface area contributed by atoms with Crippen molar-refractivity contribution in [1.29, 1.82) is 0 Å². The van der Waals surface area contributed by atoms with Crippen LogP contribution >= 0.6 is 11.6 Å². The number of nitrogens with zero attached hydrogens (tertiary/aromatic N) is 1. The molecule has 0 amide bonds. The van der Waals surface area contributed by atoms with E-state index < -0.39 is 5.56 Å². The van der Waals surface area contributed by atoms with Crippen molar-refractivity contribution in [2.45, 2.75) is 12.8 Å². The number of hydrogen-bond donors (Lipinski definition) is 3. The van der Waals surface area contributed by atoms with E-state index in [1.165, 1.54) is 0 Å². The summed E-state index contributed by atoms with van der Waals surface area (Å²) in [5.74, 6) is -0.119. The van der Waals surface area contributed by atoms with Gasteiger partial charge in [-0.2, -0.15) is 4.98 Å². The first-order valence-electron chi connectivity index (χ1n) is 5.82. The Hall–Kier alpha value is -1.85. The van der Waals surface area contributed by atoms with Crippen molar-refractivity contribution in [2.24, 2.45) is 5.73 Å². The molecule has 1 aromatic heterocycles. The molecule has 0 aliphatic heterocycles. The average Bonchev–Trinajstić information content (AvgIpc) is 2.39. The van der Waals surface area contributed by atoms with E-state index in [1.807, 2.05) is 6.92 Å². The highest BCUT2D eigenvalue weighted by Crippen LogP contribution is 2.30. The fraction of sp³-hybridized carbons (Fsp3) is 0.231. The fourth-order valence-corrected chi connectivity index (χ4v) is 1.96. The number of aromatic amines is 1. The van der Waals surface area contributed by atoms with Gasteiger partial charge in [0.05, 0.1) is 0 Å². The zero-order chi connectivity index (χ0) is 14.0. The molecule has 4 N–H and O–H groups in total. The third-order valence-corrected chi connectivity index (χ3v) is 3.21. The molecule has 0 fully saturated rings. The van der Waals surface area contributed by atoms with Crippen LogP contribution in [0.1, 0.15) is 18.7 Å². The minimum atomic E-state index is -0.434. The highest BCUT2D eigenvalue weighted by molar-refractivity contribution is 6.33. The summed E-state index contributed by atoms with van der Waals surface area (Å²) < 4.78 is 0. The minimum Gasteiger partial charge on any atom is -0.493 e. The Bertz CT molecular complexity index is 655. The predicted molar refractivity (Wildman–Crippen MR) is 74.4 cm³/mol. The van der Waals surface area contributed by atoms with Crippen LogP contribution in [-0.2, 0) is 0 Å². The van der Waals surface area contributed by atoms with Crippen molar-refractivity contribution < 1.29 is 5.11 Å². The lowest BCUT2D eigenvalue weighted by molar-refractivity contribution is 0.447. The highest BCUT2D eigenvalue weighted by atomic mass is 35.5. The highest BCUT2D eigenvalue weighted by Gasteiger charge is 2.17. The normalized spacial score (nSPS) is 12.4. The largest absolute Gasteiger partial charge is 0.493 e. The molecule has 0 spiro atoms. The quantitative estimate of drug-likeness (QED) is 0.799. The van der Waals surface area contributed by atoms with Crippen LogP contribution in [0.25, 0.3) is 11.1 Å². The first-order valence-corrected chi connectivity index (χ1v) is 6.20. The molecule has 19 heavy (non-hydrogen) atoms. The maximum absolute atomic E-state index is 12.1. The van der Waals surface area contributed by atoms with E-state index in [0.717, 1.165) is 0 Å². The third kappa shape index (κ3) is 2.62. The summed E-state index contributed by atoms with van der Waals surface area (Å²) in [6.45, 7) is 2.14. The number of benzene rings is 1. The monoisotopic (exact) mass is 279 g/mol. The number of halogens is 1. The van der Waals surface area contributed by atoms with Crippen LogP contribution in [0.5, 0.6) is 5.88 Å². The van der Waals surface area contributed by atoms with Crippen molar-refractivity contribution in [2.75, 3.05) is 6.54 Å². The van der Waals surface area contributed by atoms with Gasteiger partial charge < -0.3 is 15.8 Å². The molecule has 1 atom stereocenters. The number of aromatic hydroxyl groups is 1. The summed E-state index contributed by atoms with van der Waals surface area (Å²) in [4.78, 5) is 18.7. The van der Waals surface area contributed by atoms with E-state index in [1.54, 1.807) is 24.3 Å². The molecular formula is C13H14ClN3O2. The first kappa shape index (κ1) is 13.6. The maximum atomic E-state index is 12.1. The van der Waals surface area contributed by atoms with Gasteiger partial charge in [0.2, 0.25) is 5.88 Å². The minimum absolute atomic E-state index is 0.0681. The van der Waals surface area contributed by atoms with E-state index in [9.17, 15) is 9.90 Å². The van der Waals surface area contributed by atoms with Crippen LogP contribution in [0.15, 0.2) is 29.1 Å². The lowest BCUT2D eigenvalue weighted by Crippen LogP contribution is -2.19. The van der Waals surface area contributed by atoms with Gasteiger partial charge in [0, 0.05) is 23.0 Å². The number of hydrogen-bond acceptors (Lipinski definition) is 4. The lowest BCUT2D eigenvalue weighted by Gasteiger charge is -2.10. The van der Waals surface area contributed by atoms with Crippen molar-refractivity contribution >= 4 is 11.6 Å². The Morgan fingerprint density at radius 2 is 2.16 bits per heavy atom. The van der Waals surface area contributed by atoms with E-state index in [0.29, 0.717) is 23.0 Å². The zero-order valence-electron chi connectivity index (χ0n) is 10.4. The molecule has 2 rings (SSSR count). The van der Waals surface area contributed by atoms with Crippen LogP contribution in [0, 0.1) is 0 Å². The molecule has 1 heterocycles. The van der Waals surface area contributed by atoms with Crippen LogP contribution in [0.2, 0.25) is 5.02 Å². The second kappa shape index (κ2) is 5.42. The number of nitrogens with one attached hydrogen (secondary N) is 1. The van der Waals surface area contributed by atoms with Gasteiger partial charge in [-0.05, 0) is 6.07 Å². The third-order valence-electron chi connectivity index (χ3n) is 2.88. The van der Waals surface area contributed by atoms with Crippen LogP contribution < -0.4 is 11.3 Å². The maximum Gasteiger partial charge on any atom is 0.262 e. The van der Waals surface area contributed by atoms with Crippen molar-refractivity contribution in [1.82, 2.24) is 9.97 Å². The van der Waals surface area contributed by atoms with E-state index in [2.05, 4.69) is 9.97 Å². The summed E-state index contributed by atoms with van der Waals surface area (Å²) in [6, 6.07) is 6.78. The molecule has 100 valence electrons. The Morgan fingerprint density at radius 3 is 2.74 bits per heavy atom. The smallest absolute Gasteiger partial charge is 0.262 e. The number of rotatable bonds is 3. The molecule has 0 radical (unpaired) electrons. The van der Waals surface area contributed by atoms with Gasteiger partial charge in [0.1, 0.15) is 11.4 Å². The topological polar surface area (TPSA) is 92.0 Å². The Labute approximate surface area is 115 Å². The van der Waals surface area contributed by atoms with E-state index in [-0.39, 0.29) is 17.4 Å². The summed E-state index contributed by atoms with van der Waals surface area (Å²) in [5.41, 5.74) is 5.59. The SMILES string of the molecule is CC(CN)c1nc(O)c(-c2ccccc2Cl)c(=O)[nH]1. The first-order chi connectivity index (χ1) is 9.04. The van der Waals surface area contributed by atoms with E-state index in [4.69, 9.17) is 17.3 Å². The molecule has 1 aromatic carbocycles. The molecule has 6 heteroatoms. The second-order valence-electron chi connectivity index (χ2n) is 4.27. The lowest BCUT2D eigenvalue weighted by atomic mass is 10.1. The van der Waals surface area contributed by atoms with Gasteiger partial charge >= 0.3 is 0 Å². The van der Waals surface area contributed by atoms with Crippen LogP contribution in [-0.4, -0.2) is 21.6 Å². The second-order valence-corrected chi connectivity index (χ2v) is 4.67. The summed E-state index contributed by atoms with van der Waals surface area (Å²) in [5, 5.41) is 10.3. The Balaban J connectivity index is 2.61. The molecule has 0 saturated carbocycles. The zero-order valence-corrected chi connectivity index (χ0v) is 11.1. The number of nitrogens with two attached hydrogens (primary N) is 1.